The molecule has 0 spiro atoms. The Morgan fingerprint density at radius 3 is 2.54 bits per heavy atom. The molecule has 2 saturated heterocycles. The first-order valence-electron chi connectivity index (χ1n) is 9.94. The van der Waals surface area contributed by atoms with E-state index in [9.17, 15) is 0 Å². The molecule has 0 saturated carbocycles. The van der Waals surface area contributed by atoms with Crippen LogP contribution in [0.4, 0.5) is 0 Å². The Hall–Kier alpha value is -0.240. The second-order valence-corrected chi connectivity index (χ2v) is 9.14. The van der Waals surface area contributed by atoms with Gasteiger partial charge in [0.05, 0.1) is 12.7 Å². The molecule has 2 heterocycles. The maximum Gasteiger partial charge on any atom is 0.190 e. The number of benzene rings is 1. The molecule has 1 unspecified atom stereocenters. The van der Waals surface area contributed by atoms with E-state index in [1.165, 1.54) is 16.7 Å². The molecule has 0 aliphatic carbocycles. The van der Waals surface area contributed by atoms with Gasteiger partial charge in [0.25, 0.3) is 0 Å². The van der Waals surface area contributed by atoms with Gasteiger partial charge in [-0.1, -0.05) is 56.1 Å². The SMILES string of the molecule is C=CC[C@H]1O[C@@H]2OC(CCBr)(CCCBr)O[C@@H]2[C@H]1OCc1c(C)cccc1C. The lowest BCUT2D eigenvalue weighted by molar-refractivity contribution is -0.240. The fourth-order valence-electron chi connectivity index (χ4n) is 4.05. The minimum absolute atomic E-state index is 0.102. The lowest BCUT2D eigenvalue weighted by atomic mass is 10.0. The molecule has 0 amide bonds. The Kier molecular flexibility index (Phi) is 8.16. The molecule has 6 heteroatoms. The molecule has 0 bridgehead atoms. The van der Waals surface area contributed by atoms with Crippen molar-refractivity contribution in [2.45, 2.75) is 76.5 Å². The molecule has 2 aliphatic rings. The number of fused-ring (bicyclic) bond motifs is 1. The Morgan fingerprint density at radius 1 is 1.14 bits per heavy atom. The predicted octanol–water partition coefficient (Wildman–Crippen LogP) is 5.56. The Morgan fingerprint density at radius 2 is 1.89 bits per heavy atom. The largest absolute Gasteiger partial charge is 0.368 e. The summed E-state index contributed by atoms with van der Waals surface area (Å²) in [6.07, 6.45) is 4.30. The summed E-state index contributed by atoms with van der Waals surface area (Å²) in [6, 6.07) is 6.32. The van der Waals surface area contributed by atoms with Gasteiger partial charge in [0.15, 0.2) is 12.1 Å². The highest BCUT2D eigenvalue weighted by Crippen LogP contribution is 2.44. The van der Waals surface area contributed by atoms with E-state index in [4.69, 9.17) is 18.9 Å². The Bertz CT molecular complexity index is 648. The first-order valence-corrected chi connectivity index (χ1v) is 12.2. The lowest BCUT2D eigenvalue weighted by Crippen LogP contribution is -2.39. The van der Waals surface area contributed by atoms with Crippen molar-refractivity contribution in [1.82, 2.24) is 0 Å². The third kappa shape index (κ3) is 4.90. The van der Waals surface area contributed by atoms with Crippen LogP contribution in [-0.4, -0.2) is 41.0 Å². The number of hydrogen-bond acceptors (Lipinski definition) is 4. The topological polar surface area (TPSA) is 36.9 Å². The highest BCUT2D eigenvalue weighted by Gasteiger charge is 2.57. The Labute approximate surface area is 185 Å². The second kappa shape index (κ2) is 10.2. The lowest BCUT2D eigenvalue weighted by Gasteiger charge is -2.31. The average Bonchev–Trinajstić information content (AvgIpc) is 3.15. The van der Waals surface area contributed by atoms with Crippen molar-refractivity contribution in [2.24, 2.45) is 0 Å². The monoisotopic (exact) mass is 516 g/mol. The van der Waals surface area contributed by atoms with Crippen LogP contribution in [0.2, 0.25) is 0 Å². The van der Waals surface area contributed by atoms with Crippen LogP contribution in [0.3, 0.4) is 0 Å². The quantitative estimate of drug-likeness (QED) is 0.300. The number of hydrogen-bond donors (Lipinski definition) is 0. The molecule has 4 nitrogen and oxygen atoms in total. The van der Waals surface area contributed by atoms with Gasteiger partial charge in [-0.15, -0.1) is 6.58 Å². The van der Waals surface area contributed by atoms with E-state index >= 15 is 0 Å². The van der Waals surface area contributed by atoms with Crippen molar-refractivity contribution in [3.05, 3.63) is 47.5 Å². The highest BCUT2D eigenvalue weighted by atomic mass is 79.9. The number of halogens is 2. The smallest absolute Gasteiger partial charge is 0.190 e. The number of alkyl halides is 2. The minimum Gasteiger partial charge on any atom is -0.368 e. The molecule has 1 aromatic rings. The van der Waals surface area contributed by atoms with Gasteiger partial charge >= 0.3 is 0 Å². The van der Waals surface area contributed by atoms with Gasteiger partial charge < -0.3 is 18.9 Å². The molecule has 0 aromatic heterocycles. The first kappa shape index (κ1) is 22.4. The molecule has 5 atom stereocenters. The average molecular weight is 518 g/mol. The zero-order valence-corrected chi connectivity index (χ0v) is 19.8. The van der Waals surface area contributed by atoms with Crippen molar-refractivity contribution >= 4 is 31.9 Å². The highest BCUT2D eigenvalue weighted by molar-refractivity contribution is 9.09. The minimum atomic E-state index is -0.605. The Balaban J connectivity index is 1.74. The third-order valence-corrected chi connectivity index (χ3v) is 6.54. The predicted molar refractivity (Wildman–Crippen MR) is 118 cm³/mol. The van der Waals surface area contributed by atoms with Gasteiger partial charge in [0.2, 0.25) is 0 Å². The summed E-state index contributed by atoms with van der Waals surface area (Å²) in [5.74, 6) is -0.605. The summed E-state index contributed by atoms with van der Waals surface area (Å²) in [5.41, 5.74) is 3.71. The van der Waals surface area contributed by atoms with Crippen LogP contribution in [0, 0.1) is 13.8 Å². The van der Waals surface area contributed by atoms with Gasteiger partial charge in [-0.2, -0.15) is 0 Å². The van der Waals surface area contributed by atoms with E-state index in [1.807, 2.05) is 6.08 Å². The van der Waals surface area contributed by atoms with Crippen molar-refractivity contribution in [3.8, 4) is 0 Å². The summed E-state index contributed by atoms with van der Waals surface area (Å²) in [5, 5.41) is 1.74. The normalized spacial score (nSPS) is 31.9. The summed E-state index contributed by atoms with van der Waals surface area (Å²) in [4.78, 5) is 0. The van der Waals surface area contributed by atoms with Crippen LogP contribution in [0.25, 0.3) is 0 Å². The fraction of sp³-hybridized carbons (Fsp3) is 0.636. The molecular formula is C22H30Br2O4. The van der Waals surface area contributed by atoms with Crippen LogP contribution in [-0.2, 0) is 25.6 Å². The second-order valence-electron chi connectivity index (χ2n) is 7.56. The van der Waals surface area contributed by atoms with Gasteiger partial charge in [-0.05, 0) is 43.4 Å². The zero-order valence-electron chi connectivity index (χ0n) is 16.7. The number of ether oxygens (including phenoxy) is 4. The number of rotatable bonds is 10. The van der Waals surface area contributed by atoms with Crippen LogP contribution in [0.5, 0.6) is 0 Å². The van der Waals surface area contributed by atoms with E-state index in [0.717, 1.165) is 29.9 Å². The number of aryl methyl sites for hydroxylation is 2. The molecular weight excluding hydrogens is 488 g/mol. The van der Waals surface area contributed by atoms with Crippen molar-refractivity contribution < 1.29 is 18.9 Å². The zero-order chi connectivity index (χ0) is 20.1. The van der Waals surface area contributed by atoms with Crippen LogP contribution in [0.1, 0.15) is 42.4 Å². The standard InChI is InChI=1S/C22H30Br2O4/c1-4-7-18-19(25-14-17-15(2)8-5-9-16(17)3)20-21(26-18)28-22(27-20,11-13-24)10-6-12-23/h4-5,8-9,18-21H,1,6-7,10-14H2,2-3H3/t18-,19+,20-,21-,22?/m1/s1. The van der Waals surface area contributed by atoms with Gasteiger partial charge in [-0.3, -0.25) is 0 Å². The molecule has 2 fully saturated rings. The van der Waals surface area contributed by atoms with E-state index in [1.54, 1.807) is 0 Å². The third-order valence-electron chi connectivity index (χ3n) is 5.58. The van der Waals surface area contributed by atoms with Crippen LogP contribution >= 0.6 is 31.9 Å². The maximum atomic E-state index is 6.50. The van der Waals surface area contributed by atoms with E-state index in [-0.39, 0.29) is 24.6 Å². The molecule has 0 radical (unpaired) electrons. The van der Waals surface area contributed by atoms with Crippen LogP contribution < -0.4 is 0 Å². The molecule has 28 heavy (non-hydrogen) atoms. The van der Waals surface area contributed by atoms with Crippen molar-refractivity contribution in [2.75, 3.05) is 10.7 Å². The molecule has 156 valence electrons. The van der Waals surface area contributed by atoms with Gasteiger partial charge in [-0.25, -0.2) is 0 Å². The van der Waals surface area contributed by atoms with Crippen LogP contribution in [0.15, 0.2) is 30.9 Å². The molecule has 0 N–H and O–H groups in total. The molecule has 2 aliphatic heterocycles. The van der Waals surface area contributed by atoms with E-state index in [2.05, 4.69) is 70.5 Å². The van der Waals surface area contributed by atoms with Gasteiger partial charge in [0, 0.05) is 23.5 Å². The van der Waals surface area contributed by atoms with Crippen molar-refractivity contribution in [3.63, 3.8) is 0 Å². The summed E-state index contributed by atoms with van der Waals surface area (Å²) < 4.78 is 25.4. The summed E-state index contributed by atoms with van der Waals surface area (Å²) in [7, 11) is 0. The van der Waals surface area contributed by atoms with E-state index in [0.29, 0.717) is 13.0 Å². The molecule has 3 rings (SSSR count). The molecule has 1 aromatic carbocycles. The van der Waals surface area contributed by atoms with Crippen molar-refractivity contribution in [1.29, 1.82) is 0 Å². The summed E-state index contributed by atoms with van der Waals surface area (Å²) >= 11 is 7.05. The van der Waals surface area contributed by atoms with E-state index < -0.39 is 5.79 Å². The fourth-order valence-corrected chi connectivity index (χ4v) is 4.94. The van der Waals surface area contributed by atoms with Gasteiger partial charge in [0.1, 0.15) is 12.2 Å². The first-order chi connectivity index (χ1) is 13.5. The summed E-state index contributed by atoms with van der Waals surface area (Å²) in [6.45, 7) is 8.66. The maximum absolute atomic E-state index is 6.50.